The quantitative estimate of drug-likeness (QED) is 0.673. The van der Waals surface area contributed by atoms with Crippen LogP contribution >= 0.6 is 0 Å². The van der Waals surface area contributed by atoms with E-state index in [1.165, 1.54) is 12.3 Å². The lowest BCUT2D eigenvalue weighted by Crippen LogP contribution is -2.72. The fourth-order valence-corrected chi connectivity index (χ4v) is 6.55. The van der Waals surface area contributed by atoms with Crippen LogP contribution in [-0.2, 0) is 11.6 Å². The molecular weight excluding hydrogens is 337 g/mol. The van der Waals surface area contributed by atoms with Crippen molar-refractivity contribution in [2.24, 2.45) is 22.2 Å². The third kappa shape index (κ3) is 2.02. The van der Waals surface area contributed by atoms with E-state index in [2.05, 4.69) is 31.8 Å². The number of hydrogen-bond donors (Lipinski definition) is 0. The van der Waals surface area contributed by atoms with Crippen LogP contribution in [-0.4, -0.2) is 4.98 Å². The number of nitriles is 1. The first-order chi connectivity index (χ1) is 12.0. The summed E-state index contributed by atoms with van der Waals surface area (Å²) in [5, 5.41) is 9.14. The van der Waals surface area contributed by atoms with E-state index in [-0.39, 0.29) is 21.7 Å². The van der Waals surface area contributed by atoms with Crippen LogP contribution in [0.2, 0.25) is 0 Å². The van der Waals surface area contributed by atoms with Gasteiger partial charge in [0.2, 0.25) is 0 Å². The molecule has 4 saturated carbocycles. The zero-order valence-electron chi connectivity index (χ0n) is 15.6. The Hall–Kier alpha value is -1.57. The Kier molecular flexibility index (Phi) is 3.45. The van der Waals surface area contributed by atoms with Gasteiger partial charge in [0.15, 0.2) is 0 Å². The van der Waals surface area contributed by atoms with E-state index >= 15 is 0 Å². The van der Waals surface area contributed by atoms with E-state index in [9.17, 15) is 13.2 Å². The van der Waals surface area contributed by atoms with Gasteiger partial charge in [-0.1, -0.05) is 20.8 Å². The highest BCUT2D eigenvalue weighted by Gasteiger charge is 2.78. The first-order valence-corrected chi connectivity index (χ1v) is 9.41. The maximum atomic E-state index is 13.0. The van der Waals surface area contributed by atoms with Gasteiger partial charge in [-0.2, -0.15) is 18.4 Å². The number of halogens is 3. The molecule has 0 saturated heterocycles. The zero-order chi connectivity index (χ0) is 19.0. The van der Waals surface area contributed by atoms with E-state index in [0.717, 1.165) is 38.2 Å². The van der Waals surface area contributed by atoms with Crippen molar-refractivity contribution >= 4 is 0 Å². The van der Waals surface area contributed by atoms with Gasteiger partial charge in [0.25, 0.3) is 0 Å². The lowest BCUT2D eigenvalue weighted by Gasteiger charge is -2.78. The molecule has 1 aromatic rings. The molecule has 0 amide bonds. The fraction of sp³-hybridized carbons (Fsp3) is 0.714. The van der Waals surface area contributed by atoms with Gasteiger partial charge in [-0.25, -0.2) is 0 Å². The molecule has 4 fully saturated rings. The predicted octanol–water partition coefficient (Wildman–Crippen LogP) is 5.88. The van der Waals surface area contributed by atoms with Crippen molar-refractivity contribution in [1.29, 1.82) is 5.26 Å². The average molecular weight is 362 g/mol. The van der Waals surface area contributed by atoms with Gasteiger partial charge in [-0.05, 0) is 66.4 Å². The standard InChI is InChI=1S/C21H25F3N2/c1-17(2)14(5-8-25)4-7-18(17,3)20-11-19(12-20,13-20)16-10-15(6-9-26-16)21(22,23)24/h6,9-10,14H,4-5,7,11-13H2,1-3H3. The van der Waals surface area contributed by atoms with Crippen LogP contribution in [0.3, 0.4) is 0 Å². The number of alkyl halides is 3. The van der Waals surface area contributed by atoms with E-state index in [4.69, 9.17) is 5.26 Å². The smallest absolute Gasteiger partial charge is 0.261 e. The van der Waals surface area contributed by atoms with Crippen molar-refractivity contribution in [2.75, 3.05) is 0 Å². The second-order valence-electron chi connectivity index (χ2n) is 9.67. The summed E-state index contributed by atoms with van der Waals surface area (Å²) in [4.78, 5) is 4.30. The number of nitrogens with zero attached hydrogens (tertiary/aromatic N) is 2. The summed E-state index contributed by atoms with van der Waals surface area (Å²) in [5.41, 5.74) is 0.288. The topological polar surface area (TPSA) is 36.7 Å². The third-order valence-electron chi connectivity index (χ3n) is 8.60. The van der Waals surface area contributed by atoms with Crippen molar-refractivity contribution in [2.45, 2.75) is 70.9 Å². The van der Waals surface area contributed by atoms with Crippen molar-refractivity contribution in [3.05, 3.63) is 29.6 Å². The van der Waals surface area contributed by atoms with Gasteiger partial charge >= 0.3 is 6.18 Å². The monoisotopic (exact) mass is 362 g/mol. The van der Waals surface area contributed by atoms with Gasteiger partial charge in [0.05, 0.1) is 11.6 Å². The van der Waals surface area contributed by atoms with Crippen LogP contribution in [0.5, 0.6) is 0 Å². The molecule has 0 spiro atoms. The molecule has 2 nitrogen and oxygen atoms in total. The van der Waals surface area contributed by atoms with Crippen LogP contribution in [0.4, 0.5) is 13.2 Å². The lowest BCUT2D eigenvalue weighted by atomic mass is 9.26. The molecule has 26 heavy (non-hydrogen) atoms. The highest BCUT2D eigenvalue weighted by molar-refractivity contribution is 5.40. The maximum absolute atomic E-state index is 13.0. The molecule has 4 aliphatic carbocycles. The van der Waals surface area contributed by atoms with Gasteiger partial charge < -0.3 is 0 Å². The molecule has 2 bridgehead atoms. The molecule has 0 aromatic carbocycles. The Balaban J connectivity index is 1.57. The van der Waals surface area contributed by atoms with E-state index in [1.807, 2.05) is 0 Å². The molecule has 5 rings (SSSR count). The SMILES string of the molecule is CC1(C)C(CC#N)CCC1(C)C12CC(c3cc(C(F)(F)F)ccn3)(C1)C2. The zero-order valence-corrected chi connectivity index (χ0v) is 15.6. The number of aromatic nitrogens is 1. The van der Waals surface area contributed by atoms with Crippen molar-refractivity contribution < 1.29 is 13.2 Å². The Morgan fingerprint density at radius 2 is 1.88 bits per heavy atom. The summed E-state index contributed by atoms with van der Waals surface area (Å²) < 4.78 is 39.1. The van der Waals surface area contributed by atoms with Crippen LogP contribution < -0.4 is 0 Å². The molecule has 140 valence electrons. The highest BCUT2D eigenvalue weighted by atomic mass is 19.4. The van der Waals surface area contributed by atoms with Gasteiger partial charge in [-0.3, -0.25) is 4.98 Å². The molecule has 0 aliphatic heterocycles. The van der Waals surface area contributed by atoms with E-state index in [0.29, 0.717) is 18.0 Å². The first kappa shape index (κ1) is 17.8. The Morgan fingerprint density at radius 3 is 2.46 bits per heavy atom. The van der Waals surface area contributed by atoms with Crippen molar-refractivity contribution in [3.8, 4) is 6.07 Å². The minimum atomic E-state index is -4.32. The van der Waals surface area contributed by atoms with Crippen LogP contribution in [0.1, 0.15) is 70.6 Å². The molecule has 0 radical (unpaired) electrons. The Bertz CT molecular complexity index is 769. The molecule has 1 aromatic heterocycles. The predicted molar refractivity (Wildman–Crippen MR) is 92.0 cm³/mol. The van der Waals surface area contributed by atoms with E-state index in [1.54, 1.807) is 0 Å². The minimum Gasteiger partial charge on any atom is -0.261 e. The minimum absolute atomic E-state index is 0.0799. The van der Waals surface area contributed by atoms with Gasteiger partial charge in [0.1, 0.15) is 0 Å². The maximum Gasteiger partial charge on any atom is 0.416 e. The Labute approximate surface area is 152 Å². The normalized spacial score (nSPS) is 40.4. The summed E-state index contributed by atoms with van der Waals surface area (Å²) in [6, 6.07) is 4.65. The summed E-state index contributed by atoms with van der Waals surface area (Å²) in [6.45, 7) is 6.93. The number of rotatable bonds is 3. The lowest BCUT2D eigenvalue weighted by molar-refractivity contribution is -0.251. The summed E-state index contributed by atoms with van der Waals surface area (Å²) in [6.07, 6.45) is 2.58. The third-order valence-corrected chi connectivity index (χ3v) is 8.60. The highest BCUT2D eigenvalue weighted by Crippen LogP contribution is 2.84. The fourth-order valence-electron chi connectivity index (χ4n) is 6.55. The summed E-state index contributed by atoms with van der Waals surface area (Å²) in [5.74, 6) is 0.411. The molecule has 1 heterocycles. The molecule has 5 heteroatoms. The van der Waals surface area contributed by atoms with Crippen LogP contribution in [0.25, 0.3) is 0 Å². The Morgan fingerprint density at radius 1 is 1.23 bits per heavy atom. The van der Waals surface area contributed by atoms with Gasteiger partial charge in [0, 0.05) is 23.7 Å². The first-order valence-electron chi connectivity index (χ1n) is 9.41. The van der Waals surface area contributed by atoms with Crippen molar-refractivity contribution in [3.63, 3.8) is 0 Å². The van der Waals surface area contributed by atoms with Gasteiger partial charge in [-0.15, -0.1) is 0 Å². The number of hydrogen-bond acceptors (Lipinski definition) is 2. The molecule has 0 N–H and O–H groups in total. The molecule has 2 atom stereocenters. The summed E-state index contributed by atoms with van der Waals surface area (Å²) >= 11 is 0. The second kappa shape index (κ2) is 5.03. The number of pyridine rings is 1. The second-order valence-corrected chi connectivity index (χ2v) is 9.67. The molecule has 2 unspecified atom stereocenters. The van der Waals surface area contributed by atoms with Crippen LogP contribution in [0, 0.1) is 33.5 Å². The van der Waals surface area contributed by atoms with E-state index < -0.39 is 11.7 Å². The average Bonchev–Trinajstić information content (AvgIpc) is 2.69. The largest absolute Gasteiger partial charge is 0.416 e. The van der Waals surface area contributed by atoms with Crippen LogP contribution in [0.15, 0.2) is 18.3 Å². The summed E-state index contributed by atoms with van der Waals surface area (Å²) in [7, 11) is 0. The molecule has 4 aliphatic rings. The molecular formula is C21H25F3N2. The van der Waals surface area contributed by atoms with Crippen molar-refractivity contribution in [1.82, 2.24) is 4.98 Å².